The predicted molar refractivity (Wildman–Crippen MR) is 117 cm³/mol. The van der Waals surface area contributed by atoms with Gasteiger partial charge in [0, 0.05) is 5.56 Å². The van der Waals surface area contributed by atoms with E-state index in [4.69, 9.17) is 4.74 Å². The minimum atomic E-state index is -0.701. The number of nitrogens with one attached hydrogen (secondary N) is 3. The number of H-pyrrole nitrogens is 2. The lowest BCUT2D eigenvalue weighted by Gasteiger charge is -2.09. The molecule has 0 saturated heterocycles. The molecule has 30 heavy (non-hydrogen) atoms. The van der Waals surface area contributed by atoms with Crippen molar-refractivity contribution in [3.05, 3.63) is 50.7 Å². The molecule has 0 fully saturated rings. The van der Waals surface area contributed by atoms with E-state index in [0.717, 1.165) is 30.2 Å². The highest BCUT2D eigenvalue weighted by Gasteiger charge is 2.17. The Morgan fingerprint density at radius 2 is 2.03 bits per heavy atom. The van der Waals surface area contributed by atoms with Gasteiger partial charge in [0.05, 0.1) is 18.1 Å². The Labute approximate surface area is 178 Å². The van der Waals surface area contributed by atoms with E-state index in [9.17, 15) is 14.4 Å². The Morgan fingerprint density at radius 1 is 1.27 bits per heavy atom. The van der Waals surface area contributed by atoms with E-state index in [1.54, 1.807) is 6.92 Å². The highest BCUT2D eigenvalue weighted by molar-refractivity contribution is 8.00. The summed E-state index contributed by atoms with van der Waals surface area (Å²) in [6, 6.07) is 7.46. The molecule has 2 rings (SSSR count). The summed E-state index contributed by atoms with van der Waals surface area (Å²) >= 11 is 0.920. The van der Waals surface area contributed by atoms with Crippen LogP contribution >= 0.6 is 11.8 Å². The Morgan fingerprint density at radius 3 is 2.80 bits per heavy atom. The summed E-state index contributed by atoms with van der Waals surface area (Å²) in [5, 5.41) is 9.11. The standard InChI is InChI=1S/C20H27N5O4S/c1-3-4-5-6-9-12-29-16-11-8-7-10-15(16)13-21-23-17(26)14(2)30-19-18(27)22-20(28)25-24-19/h7-8,10-11,13-14H,3-6,9,12H2,1-2H3,(H,23,26)(H2,22,25,27,28)/b21-13+. The van der Waals surface area contributed by atoms with Crippen molar-refractivity contribution in [3.63, 3.8) is 0 Å². The lowest BCUT2D eigenvalue weighted by atomic mass is 10.2. The normalized spacial score (nSPS) is 12.1. The van der Waals surface area contributed by atoms with Gasteiger partial charge in [-0.05, 0) is 25.5 Å². The van der Waals surface area contributed by atoms with Crippen LogP contribution in [0.25, 0.3) is 0 Å². The van der Waals surface area contributed by atoms with Crippen LogP contribution in [0.3, 0.4) is 0 Å². The van der Waals surface area contributed by atoms with Gasteiger partial charge in [0.1, 0.15) is 5.75 Å². The second kappa shape index (κ2) is 12.6. The fraction of sp³-hybridized carbons (Fsp3) is 0.450. The van der Waals surface area contributed by atoms with E-state index in [0.29, 0.717) is 12.4 Å². The second-order valence-corrected chi connectivity index (χ2v) is 7.94. The topological polar surface area (TPSA) is 129 Å². The van der Waals surface area contributed by atoms with Crippen molar-refractivity contribution in [1.29, 1.82) is 0 Å². The van der Waals surface area contributed by atoms with Crippen molar-refractivity contribution in [2.24, 2.45) is 5.10 Å². The third-order valence-corrected chi connectivity index (χ3v) is 5.21. The molecule has 1 atom stereocenters. The van der Waals surface area contributed by atoms with Gasteiger partial charge in [0.25, 0.3) is 11.5 Å². The van der Waals surface area contributed by atoms with Crippen LogP contribution in [-0.4, -0.2) is 39.2 Å². The molecule has 10 heteroatoms. The third-order valence-electron chi connectivity index (χ3n) is 4.14. The first-order chi connectivity index (χ1) is 14.5. The molecule has 0 aliphatic heterocycles. The predicted octanol–water partition coefficient (Wildman–Crippen LogP) is 2.44. The molecule has 2 aromatic rings. The van der Waals surface area contributed by atoms with Crippen LogP contribution in [-0.2, 0) is 4.79 Å². The van der Waals surface area contributed by atoms with Gasteiger partial charge >= 0.3 is 5.69 Å². The van der Waals surface area contributed by atoms with Crippen LogP contribution in [0.2, 0.25) is 0 Å². The van der Waals surface area contributed by atoms with E-state index in [-0.39, 0.29) is 5.03 Å². The molecular formula is C20H27N5O4S. The highest BCUT2D eigenvalue weighted by Crippen LogP contribution is 2.18. The van der Waals surface area contributed by atoms with E-state index in [1.807, 2.05) is 24.3 Å². The lowest BCUT2D eigenvalue weighted by Crippen LogP contribution is -2.30. The smallest absolute Gasteiger partial charge is 0.342 e. The van der Waals surface area contributed by atoms with Gasteiger partial charge in [-0.2, -0.15) is 10.2 Å². The number of para-hydroxylation sites is 1. The molecule has 9 nitrogen and oxygen atoms in total. The molecule has 1 heterocycles. The maximum atomic E-state index is 12.2. The van der Waals surface area contributed by atoms with Gasteiger partial charge in [-0.25, -0.2) is 15.3 Å². The maximum Gasteiger partial charge on any atom is 0.342 e. The lowest BCUT2D eigenvalue weighted by molar-refractivity contribution is -0.120. The van der Waals surface area contributed by atoms with Gasteiger partial charge in [-0.3, -0.25) is 14.6 Å². The van der Waals surface area contributed by atoms with Crippen LogP contribution in [0.15, 0.2) is 44.0 Å². The maximum absolute atomic E-state index is 12.2. The molecule has 1 amide bonds. The SMILES string of the molecule is CCCCCCCOc1ccccc1/C=N/NC(=O)C(C)Sc1n[nH]c(=O)[nH]c1=O. The number of benzene rings is 1. The summed E-state index contributed by atoms with van der Waals surface area (Å²) in [5.74, 6) is 0.301. The molecule has 1 aromatic heterocycles. The molecule has 1 aromatic carbocycles. The van der Waals surface area contributed by atoms with Crippen molar-refractivity contribution in [2.45, 2.75) is 56.2 Å². The largest absolute Gasteiger partial charge is 0.493 e. The van der Waals surface area contributed by atoms with Gasteiger partial charge in [0.15, 0.2) is 5.03 Å². The first kappa shape index (κ1) is 23.4. The number of thioether (sulfide) groups is 1. The monoisotopic (exact) mass is 433 g/mol. The number of carbonyl (C=O) groups excluding carboxylic acids is 1. The number of hydrogen-bond acceptors (Lipinski definition) is 7. The number of aromatic amines is 2. The number of carbonyl (C=O) groups is 1. The molecule has 1 unspecified atom stereocenters. The summed E-state index contributed by atoms with van der Waals surface area (Å²) < 4.78 is 5.84. The van der Waals surface area contributed by atoms with Crippen LogP contribution in [0, 0.1) is 0 Å². The van der Waals surface area contributed by atoms with Crippen molar-refractivity contribution in [2.75, 3.05) is 6.61 Å². The molecule has 0 saturated carbocycles. The number of amides is 1. The van der Waals surface area contributed by atoms with Gasteiger partial charge < -0.3 is 4.74 Å². The summed E-state index contributed by atoms with van der Waals surface area (Å²) in [5.41, 5.74) is 1.85. The van der Waals surface area contributed by atoms with Crippen LogP contribution in [0.4, 0.5) is 0 Å². The fourth-order valence-corrected chi connectivity index (χ4v) is 3.25. The Balaban J connectivity index is 1.86. The zero-order valence-electron chi connectivity index (χ0n) is 17.1. The summed E-state index contributed by atoms with van der Waals surface area (Å²) in [4.78, 5) is 36.9. The number of nitrogens with zero attached hydrogens (tertiary/aromatic N) is 2. The number of hydrogen-bond donors (Lipinski definition) is 3. The average molecular weight is 434 g/mol. The van der Waals surface area contributed by atoms with Gasteiger partial charge in [0.2, 0.25) is 0 Å². The molecule has 0 aliphatic rings. The van der Waals surface area contributed by atoms with Crippen LogP contribution in [0.1, 0.15) is 51.5 Å². The van der Waals surface area contributed by atoms with Gasteiger partial charge in [-0.15, -0.1) is 0 Å². The minimum absolute atomic E-state index is 0.00101. The van der Waals surface area contributed by atoms with Crippen molar-refractivity contribution in [3.8, 4) is 5.75 Å². The average Bonchev–Trinajstić information content (AvgIpc) is 2.73. The molecule has 0 aliphatic carbocycles. The highest BCUT2D eigenvalue weighted by atomic mass is 32.2. The van der Waals surface area contributed by atoms with Crippen molar-refractivity contribution < 1.29 is 9.53 Å². The summed E-state index contributed by atoms with van der Waals surface area (Å²) in [7, 11) is 0. The number of aromatic nitrogens is 3. The quantitative estimate of drug-likeness (QED) is 0.204. The number of rotatable bonds is 12. The van der Waals surface area contributed by atoms with E-state index < -0.39 is 22.4 Å². The van der Waals surface area contributed by atoms with Crippen LogP contribution in [0.5, 0.6) is 5.75 Å². The number of ether oxygens (including phenoxy) is 1. The first-order valence-electron chi connectivity index (χ1n) is 9.91. The summed E-state index contributed by atoms with van der Waals surface area (Å²) in [6.45, 7) is 4.43. The van der Waals surface area contributed by atoms with E-state index >= 15 is 0 Å². The Kier molecular flexibility index (Phi) is 9.85. The molecule has 3 N–H and O–H groups in total. The Bertz CT molecular complexity index is 956. The van der Waals surface area contributed by atoms with E-state index in [2.05, 4.69) is 32.6 Å². The fourth-order valence-electron chi connectivity index (χ4n) is 2.50. The molecule has 162 valence electrons. The second-order valence-electron chi connectivity index (χ2n) is 6.61. The first-order valence-corrected chi connectivity index (χ1v) is 10.8. The molecule has 0 bridgehead atoms. The minimum Gasteiger partial charge on any atom is -0.493 e. The van der Waals surface area contributed by atoms with Crippen LogP contribution < -0.4 is 21.4 Å². The zero-order valence-corrected chi connectivity index (χ0v) is 18.0. The number of unbranched alkanes of at least 4 members (excludes halogenated alkanes) is 4. The molecule has 0 radical (unpaired) electrons. The Hall–Kier alpha value is -2.88. The zero-order chi connectivity index (χ0) is 21.8. The van der Waals surface area contributed by atoms with E-state index in [1.165, 1.54) is 25.5 Å². The molecular weight excluding hydrogens is 406 g/mol. The van der Waals surface area contributed by atoms with Gasteiger partial charge in [-0.1, -0.05) is 56.5 Å². The summed E-state index contributed by atoms with van der Waals surface area (Å²) in [6.07, 6.45) is 7.32. The number of hydrazone groups is 1. The molecule has 0 spiro atoms. The third kappa shape index (κ3) is 7.86. The van der Waals surface area contributed by atoms with Crippen molar-refractivity contribution >= 4 is 23.9 Å². The van der Waals surface area contributed by atoms with Crippen molar-refractivity contribution in [1.82, 2.24) is 20.6 Å².